The van der Waals surface area contributed by atoms with Crippen molar-refractivity contribution in [1.29, 1.82) is 0 Å². The zero-order valence-corrected chi connectivity index (χ0v) is 14.3. The summed E-state index contributed by atoms with van der Waals surface area (Å²) in [7, 11) is 0. The fourth-order valence-corrected chi connectivity index (χ4v) is 6.58. The Morgan fingerprint density at radius 2 is 1.91 bits per heavy atom. The van der Waals surface area contributed by atoms with Crippen molar-refractivity contribution in [2.75, 3.05) is 0 Å². The summed E-state index contributed by atoms with van der Waals surface area (Å²) in [5, 5.41) is 5.45. The Morgan fingerprint density at radius 1 is 1.27 bits per heavy atom. The van der Waals surface area contributed by atoms with Gasteiger partial charge in [-0.25, -0.2) is 0 Å². The first-order valence-electron chi connectivity index (χ1n) is 8.95. The summed E-state index contributed by atoms with van der Waals surface area (Å²) in [4.78, 5) is 13.7. The van der Waals surface area contributed by atoms with E-state index in [1.54, 1.807) is 11.3 Å². The van der Waals surface area contributed by atoms with Gasteiger partial charge in [-0.1, -0.05) is 6.07 Å². The van der Waals surface area contributed by atoms with Crippen molar-refractivity contribution in [2.45, 2.75) is 64.3 Å². The SMILES string of the molecule is C[C@H](NC(=O)CCc1cccs1)C12CC3CC(CC(C3)C1)C2. The standard InChI is InChI=1S/C19H27NOS/c1-13(20-18(21)5-4-17-3-2-6-22-17)19-10-14-7-15(11-19)9-16(8-14)12-19/h2-3,6,13-16H,4-5,7-12H2,1H3,(H,20,21)/t13-,14?,15?,16?,19?/m0/s1. The fraction of sp³-hybridized carbons (Fsp3) is 0.737. The topological polar surface area (TPSA) is 29.1 Å². The average molecular weight is 317 g/mol. The zero-order valence-electron chi connectivity index (χ0n) is 13.5. The van der Waals surface area contributed by atoms with E-state index in [9.17, 15) is 4.79 Å². The number of thiophene rings is 1. The smallest absolute Gasteiger partial charge is 0.220 e. The summed E-state index contributed by atoms with van der Waals surface area (Å²) in [6.07, 6.45) is 10.0. The van der Waals surface area contributed by atoms with Crippen LogP contribution in [-0.4, -0.2) is 11.9 Å². The number of aryl methyl sites for hydroxylation is 1. The van der Waals surface area contributed by atoms with E-state index in [1.807, 2.05) is 0 Å². The molecule has 5 rings (SSSR count). The maximum absolute atomic E-state index is 12.3. The largest absolute Gasteiger partial charge is 0.353 e. The second-order valence-electron chi connectivity index (χ2n) is 8.15. The first kappa shape index (κ1) is 14.7. The lowest BCUT2D eigenvalue weighted by molar-refractivity contribution is -0.125. The van der Waals surface area contributed by atoms with Gasteiger partial charge in [-0.2, -0.15) is 0 Å². The van der Waals surface area contributed by atoms with Crippen LogP contribution in [0.1, 0.15) is 56.7 Å². The lowest BCUT2D eigenvalue weighted by Crippen LogP contribution is -2.55. The zero-order chi connectivity index (χ0) is 15.2. The lowest BCUT2D eigenvalue weighted by atomic mass is 9.48. The molecule has 0 spiro atoms. The summed E-state index contributed by atoms with van der Waals surface area (Å²) in [6, 6.07) is 4.55. The summed E-state index contributed by atoms with van der Waals surface area (Å²) in [5.41, 5.74) is 0.424. The molecule has 0 aliphatic heterocycles. The highest BCUT2D eigenvalue weighted by Crippen LogP contribution is 2.61. The Bertz CT molecular complexity index is 500. The Labute approximate surface area is 137 Å². The number of hydrogen-bond acceptors (Lipinski definition) is 2. The summed E-state index contributed by atoms with van der Waals surface area (Å²) >= 11 is 1.75. The number of rotatable bonds is 5. The van der Waals surface area contributed by atoms with E-state index in [0.717, 1.165) is 24.2 Å². The Balaban J connectivity index is 1.35. The van der Waals surface area contributed by atoms with Gasteiger partial charge in [0, 0.05) is 17.3 Å². The van der Waals surface area contributed by atoms with Crippen LogP contribution in [0.3, 0.4) is 0 Å². The highest BCUT2D eigenvalue weighted by Gasteiger charge is 2.53. The molecule has 22 heavy (non-hydrogen) atoms. The third kappa shape index (κ3) is 2.73. The number of nitrogens with one attached hydrogen (secondary N) is 1. The van der Waals surface area contributed by atoms with Gasteiger partial charge in [0.05, 0.1) is 0 Å². The first-order valence-corrected chi connectivity index (χ1v) is 9.83. The molecule has 0 saturated heterocycles. The van der Waals surface area contributed by atoms with Crippen molar-refractivity contribution in [3.8, 4) is 0 Å². The van der Waals surface area contributed by atoms with Crippen LogP contribution in [0.5, 0.6) is 0 Å². The van der Waals surface area contributed by atoms with Crippen molar-refractivity contribution < 1.29 is 4.79 Å². The molecule has 4 bridgehead atoms. The molecule has 1 atom stereocenters. The van der Waals surface area contributed by atoms with Crippen LogP contribution < -0.4 is 5.32 Å². The van der Waals surface area contributed by atoms with Crippen LogP contribution in [0.25, 0.3) is 0 Å². The van der Waals surface area contributed by atoms with Crippen LogP contribution in [0.4, 0.5) is 0 Å². The molecule has 4 aliphatic rings. The van der Waals surface area contributed by atoms with E-state index in [-0.39, 0.29) is 5.91 Å². The normalized spacial score (nSPS) is 37.2. The van der Waals surface area contributed by atoms with Gasteiger partial charge in [-0.15, -0.1) is 11.3 Å². The minimum absolute atomic E-state index is 0.247. The molecule has 1 aromatic heterocycles. The van der Waals surface area contributed by atoms with Gasteiger partial charge in [0.1, 0.15) is 0 Å². The summed E-state index contributed by atoms with van der Waals surface area (Å²) in [6.45, 7) is 2.27. The summed E-state index contributed by atoms with van der Waals surface area (Å²) in [5.74, 6) is 3.11. The van der Waals surface area contributed by atoms with E-state index < -0.39 is 0 Å². The molecule has 0 aromatic carbocycles. The molecule has 1 heterocycles. The number of carbonyl (C=O) groups is 1. The molecule has 0 radical (unpaired) electrons. The van der Waals surface area contributed by atoms with Gasteiger partial charge in [0.25, 0.3) is 0 Å². The van der Waals surface area contributed by atoms with E-state index in [4.69, 9.17) is 0 Å². The van der Waals surface area contributed by atoms with E-state index in [0.29, 0.717) is 17.9 Å². The number of amides is 1. The number of hydrogen-bond donors (Lipinski definition) is 1. The molecule has 4 saturated carbocycles. The van der Waals surface area contributed by atoms with Gasteiger partial charge in [0.15, 0.2) is 0 Å². The number of carbonyl (C=O) groups excluding carboxylic acids is 1. The van der Waals surface area contributed by atoms with Crippen LogP contribution in [-0.2, 0) is 11.2 Å². The predicted molar refractivity (Wildman–Crippen MR) is 90.8 cm³/mol. The minimum atomic E-state index is 0.247. The highest BCUT2D eigenvalue weighted by atomic mass is 32.1. The van der Waals surface area contributed by atoms with Crippen molar-refractivity contribution in [2.24, 2.45) is 23.2 Å². The molecular formula is C19H27NOS. The van der Waals surface area contributed by atoms with E-state index in [2.05, 4.69) is 29.8 Å². The molecular weight excluding hydrogens is 290 g/mol. The fourth-order valence-electron chi connectivity index (χ4n) is 5.87. The van der Waals surface area contributed by atoms with Gasteiger partial charge in [0.2, 0.25) is 5.91 Å². The van der Waals surface area contributed by atoms with Crippen LogP contribution in [0.2, 0.25) is 0 Å². The van der Waals surface area contributed by atoms with Gasteiger partial charge < -0.3 is 5.32 Å². The molecule has 1 N–H and O–H groups in total. The van der Waals surface area contributed by atoms with E-state index >= 15 is 0 Å². The third-order valence-corrected chi connectivity index (χ3v) is 7.50. The first-order chi connectivity index (χ1) is 10.6. The molecule has 1 aromatic rings. The van der Waals surface area contributed by atoms with Crippen molar-refractivity contribution >= 4 is 17.2 Å². The molecule has 3 heteroatoms. The maximum Gasteiger partial charge on any atom is 0.220 e. The second kappa shape index (κ2) is 5.67. The van der Waals surface area contributed by atoms with E-state index in [1.165, 1.54) is 43.4 Å². The summed E-state index contributed by atoms with van der Waals surface area (Å²) < 4.78 is 0. The molecule has 4 aliphatic carbocycles. The van der Waals surface area contributed by atoms with Gasteiger partial charge in [-0.3, -0.25) is 4.79 Å². The molecule has 2 nitrogen and oxygen atoms in total. The molecule has 120 valence electrons. The Hall–Kier alpha value is -0.830. The highest BCUT2D eigenvalue weighted by molar-refractivity contribution is 7.09. The Morgan fingerprint density at radius 3 is 2.45 bits per heavy atom. The lowest BCUT2D eigenvalue weighted by Gasteiger charge is -2.59. The Kier molecular flexibility index (Phi) is 3.80. The predicted octanol–water partition coefficient (Wildman–Crippen LogP) is 4.40. The molecule has 0 unspecified atom stereocenters. The van der Waals surface area contributed by atoms with Crippen LogP contribution in [0.15, 0.2) is 17.5 Å². The second-order valence-corrected chi connectivity index (χ2v) is 9.18. The average Bonchev–Trinajstić information content (AvgIpc) is 2.97. The molecule has 4 fully saturated rings. The van der Waals surface area contributed by atoms with Crippen LogP contribution >= 0.6 is 11.3 Å². The minimum Gasteiger partial charge on any atom is -0.353 e. The monoisotopic (exact) mass is 317 g/mol. The maximum atomic E-state index is 12.3. The quantitative estimate of drug-likeness (QED) is 0.856. The van der Waals surface area contributed by atoms with Gasteiger partial charge in [-0.05, 0) is 86.5 Å². The third-order valence-electron chi connectivity index (χ3n) is 6.56. The van der Waals surface area contributed by atoms with Crippen LogP contribution in [0, 0.1) is 23.2 Å². The van der Waals surface area contributed by atoms with Crippen molar-refractivity contribution in [3.05, 3.63) is 22.4 Å². The van der Waals surface area contributed by atoms with Crippen molar-refractivity contribution in [3.63, 3.8) is 0 Å². The van der Waals surface area contributed by atoms with Gasteiger partial charge >= 0.3 is 0 Å². The molecule has 1 amide bonds. The van der Waals surface area contributed by atoms with Crippen molar-refractivity contribution in [1.82, 2.24) is 5.32 Å².